The van der Waals surface area contributed by atoms with Crippen LogP contribution >= 0.6 is 0 Å². The minimum absolute atomic E-state index is 0.0786. The van der Waals surface area contributed by atoms with Crippen LogP contribution < -0.4 is 5.48 Å². The van der Waals surface area contributed by atoms with Gasteiger partial charge < -0.3 is 4.84 Å². The van der Waals surface area contributed by atoms with Gasteiger partial charge in [-0.1, -0.05) is 0 Å². The van der Waals surface area contributed by atoms with Gasteiger partial charge in [0.05, 0.1) is 12.1 Å². The summed E-state index contributed by atoms with van der Waals surface area (Å²) in [4.78, 5) is 25.0. The molecule has 1 aromatic rings. The van der Waals surface area contributed by atoms with Gasteiger partial charge in [0.1, 0.15) is 11.6 Å². The van der Waals surface area contributed by atoms with Crippen LogP contribution in [0.4, 0.5) is 8.78 Å². The fourth-order valence-corrected chi connectivity index (χ4v) is 0.948. The van der Waals surface area contributed by atoms with Crippen LogP contribution in [0.1, 0.15) is 10.4 Å². The first-order chi connectivity index (χ1) is 7.15. The monoisotopic (exact) mass is 215 g/mol. The number of Topliss-reactive ketones (excluding diaryl/α,β-unsaturated/α-hetero) is 1. The third kappa shape index (κ3) is 3.10. The van der Waals surface area contributed by atoms with Gasteiger partial charge in [0.15, 0.2) is 5.78 Å². The van der Waals surface area contributed by atoms with Crippen LogP contribution in [0.15, 0.2) is 18.2 Å². The van der Waals surface area contributed by atoms with Crippen LogP contribution in [0.5, 0.6) is 0 Å². The molecule has 0 bridgehead atoms. The molecule has 0 heterocycles. The first-order valence-corrected chi connectivity index (χ1v) is 3.95. The van der Waals surface area contributed by atoms with Crippen molar-refractivity contribution >= 4 is 12.3 Å². The summed E-state index contributed by atoms with van der Waals surface area (Å²) in [6.45, 7) is -0.339. The van der Waals surface area contributed by atoms with Crippen LogP contribution in [-0.4, -0.2) is 18.8 Å². The Kier molecular flexibility index (Phi) is 3.87. The van der Waals surface area contributed by atoms with E-state index in [-0.39, 0.29) is 6.47 Å². The van der Waals surface area contributed by atoms with E-state index in [0.717, 1.165) is 18.2 Å². The summed E-state index contributed by atoms with van der Waals surface area (Å²) < 4.78 is 25.7. The van der Waals surface area contributed by atoms with Gasteiger partial charge in [-0.2, -0.15) is 0 Å². The quantitative estimate of drug-likeness (QED) is 0.342. The van der Waals surface area contributed by atoms with Gasteiger partial charge in [0, 0.05) is 0 Å². The summed E-state index contributed by atoms with van der Waals surface area (Å²) in [6.07, 6.45) is 0. The molecule has 6 heteroatoms. The first kappa shape index (κ1) is 11.3. The van der Waals surface area contributed by atoms with E-state index < -0.39 is 29.5 Å². The molecule has 1 rings (SSSR count). The van der Waals surface area contributed by atoms with Crippen molar-refractivity contribution in [2.24, 2.45) is 0 Å². The molecule has 0 spiro atoms. The predicted octanol–water partition coefficient (Wildman–Crippen LogP) is 0.825. The highest BCUT2D eigenvalue weighted by molar-refractivity contribution is 5.97. The molecular weight excluding hydrogens is 208 g/mol. The fourth-order valence-electron chi connectivity index (χ4n) is 0.948. The van der Waals surface area contributed by atoms with Crippen LogP contribution in [-0.2, 0) is 9.63 Å². The molecule has 0 amide bonds. The Labute approximate surface area is 83.8 Å². The van der Waals surface area contributed by atoms with Crippen molar-refractivity contribution in [1.29, 1.82) is 0 Å². The normalized spacial score (nSPS) is 9.73. The zero-order chi connectivity index (χ0) is 11.3. The largest absolute Gasteiger partial charge is 0.373 e. The lowest BCUT2D eigenvalue weighted by Crippen LogP contribution is -2.23. The van der Waals surface area contributed by atoms with Gasteiger partial charge in [0.2, 0.25) is 0 Å². The molecule has 0 atom stereocenters. The Balaban J connectivity index is 2.72. The molecule has 0 fully saturated rings. The van der Waals surface area contributed by atoms with Gasteiger partial charge >= 0.3 is 6.47 Å². The van der Waals surface area contributed by atoms with Crippen LogP contribution in [0.3, 0.4) is 0 Å². The molecule has 4 nitrogen and oxygen atoms in total. The maximum Gasteiger partial charge on any atom is 0.312 e. The van der Waals surface area contributed by atoms with E-state index in [2.05, 4.69) is 4.84 Å². The predicted molar refractivity (Wildman–Crippen MR) is 45.8 cm³/mol. The number of hydrogen-bond acceptors (Lipinski definition) is 4. The van der Waals surface area contributed by atoms with Gasteiger partial charge in [-0.15, -0.1) is 5.48 Å². The van der Waals surface area contributed by atoms with Crippen LogP contribution in [0, 0.1) is 11.6 Å². The molecule has 0 aliphatic carbocycles. The second kappa shape index (κ2) is 5.16. The van der Waals surface area contributed by atoms with Crippen molar-refractivity contribution in [3.05, 3.63) is 35.4 Å². The van der Waals surface area contributed by atoms with E-state index in [1.165, 1.54) is 0 Å². The van der Waals surface area contributed by atoms with Crippen molar-refractivity contribution in [2.75, 3.05) is 6.54 Å². The number of hydroxylamine groups is 1. The lowest BCUT2D eigenvalue weighted by atomic mass is 10.1. The molecule has 0 unspecified atom stereocenters. The lowest BCUT2D eigenvalue weighted by Gasteiger charge is -2.02. The standard InChI is InChI=1S/C9H7F2NO3/c10-6-1-2-8(11)7(3-6)9(14)4-12-15-5-13/h1-3,5,12H,4H2. The minimum Gasteiger partial charge on any atom is -0.373 e. The Morgan fingerprint density at radius 2 is 2.20 bits per heavy atom. The molecule has 0 saturated carbocycles. The number of carbonyl (C=O) groups excluding carboxylic acids is 2. The summed E-state index contributed by atoms with van der Waals surface area (Å²) in [5.41, 5.74) is 1.58. The number of carbonyl (C=O) groups is 2. The Bertz CT molecular complexity index is 382. The van der Waals surface area contributed by atoms with Crippen molar-refractivity contribution < 1.29 is 23.2 Å². The van der Waals surface area contributed by atoms with Crippen molar-refractivity contribution in [2.45, 2.75) is 0 Å². The molecule has 0 aliphatic heterocycles. The Hall–Kier alpha value is -1.82. The van der Waals surface area contributed by atoms with E-state index in [0.29, 0.717) is 0 Å². The highest BCUT2D eigenvalue weighted by Crippen LogP contribution is 2.09. The number of rotatable bonds is 5. The third-order valence-electron chi connectivity index (χ3n) is 1.59. The van der Waals surface area contributed by atoms with E-state index in [1.807, 2.05) is 5.48 Å². The molecule has 15 heavy (non-hydrogen) atoms. The number of ketones is 1. The Morgan fingerprint density at radius 1 is 1.47 bits per heavy atom. The minimum atomic E-state index is -0.825. The van der Waals surface area contributed by atoms with Crippen molar-refractivity contribution in [3.8, 4) is 0 Å². The smallest absolute Gasteiger partial charge is 0.312 e. The van der Waals surface area contributed by atoms with E-state index in [9.17, 15) is 18.4 Å². The average molecular weight is 215 g/mol. The van der Waals surface area contributed by atoms with Gasteiger partial charge in [0.25, 0.3) is 0 Å². The van der Waals surface area contributed by atoms with E-state index in [4.69, 9.17) is 0 Å². The molecular formula is C9H7F2NO3. The second-order valence-corrected chi connectivity index (χ2v) is 2.58. The number of halogens is 2. The molecule has 1 aromatic carbocycles. The third-order valence-corrected chi connectivity index (χ3v) is 1.59. The average Bonchev–Trinajstić information content (AvgIpc) is 2.22. The summed E-state index contributed by atoms with van der Waals surface area (Å²) >= 11 is 0. The molecule has 0 radical (unpaired) electrons. The highest BCUT2D eigenvalue weighted by Gasteiger charge is 2.12. The van der Waals surface area contributed by atoms with E-state index in [1.54, 1.807) is 0 Å². The fraction of sp³-hybridized carbons (Fsp3) is 0.111. The first-order valence-electron chi connectivity index (χ1n) is 3.95. The number of hydrogen-bond donors (Lipinski definition) is 1. The summed E-state index contributed by atoms with van der Waals surface area (Å²) in [7, 11) is 0. The van der Waals surface area contributed by atoms with Crippen molar-refractivity contribution in [1.82, 2.24) is 5.48 Å². The van der Waals surface area contributed by atoms with Crippen LogP contribution in [0.25, 0.3) is 0 Å². The maximum absolute atomic E-state index is 13.0. The molecule has 80 valence electrons. The summed E-state index contributed by atoms with van der Waals surface area (Å²) in [5.74, 6) is -2.25. The van der Waals surface area contributed by atoms with Gasteiger partial charge in [-0.05, 0) is 18.2 Å². The molecule has 0 saturated heterocycles. The zero-order valence-corrected chi connectivity index (χ0v) is 7.50. The molecule has 0 aromatic heterocycles. The molecule has 0 aliphatic rings. The number of benzene rings is 1. The summed E-state index contributed by atoms with van der Waals surface area (Å²) in [6, 6.07) is 2.53. The SMILES string of the molecule is O=CONCC(=O)c1cc(F)ccc1F. The van der Waals surface area contributed by atoms with Gasteiger partial charge in [-0.3, -0.25) is 9.59 Å². The Morgan fingerprint density at radius 3 is 2.87 bits per heavy atom. The molecule has 1 N–H and O–H groups in total. The maximum atomic E-state index is 13.0. The topological polar surface area (TPSA) is 55.4 Å². The van der Waals surface area contributed by atoms with Crippen LogP contribution in [0.2, 0.25) is 0 Å². The van der Waals surface area contributed by atoms with Crippen molar-refractivity contribution in [3.63, 3.8) is 0 Å². The van der Waals surface area contributed by atoms with Gasteiger partial charge in [-0.25, -0.2) is 8.78 Å². The summed E-state index contributed by atoms with van der Waals surface area (Å²) in [5, 5.41) is 0. The lowest BCUT2D eigenvalue weighted by molar-refractivity contribution is -0.134. The highest BCUT2D eigenvalue weighted by atomic mass is 19.1. The second-order valence-electron chi connectivity index (χ2n) is 2.58. The number of nitrogens with one attached hydrogen (secondary N) is 1. The van der Waals surface area contributed by atoms with E-state index >= 15 is 0 Å². The zero-order valence-electron chi connectivity index (χ0n) is 7.50.